The summed E-state index contributed by atoms with van der Waals surface area (Å²) in [5.41, 5.74) is 8.76. The molecule has 1 nitrogen and oxygen atoms in total. The van der Waals surface area contributed by atoms with Crippen molar-refractivity contribution in [1.29, 1.82) is 0 Å². The Morgan fingerprint density at radius 3 is 1.23 bits per heavy atom. The van der Waals surface area contributed by atoms with Gasteiger partial charge < -0.3 is 0 Å². The first kappa shape index (κ1) is 34.4. The molecule has 4 aromatic carbocycles. The van der Waals surface area contributed by atoms with Crippen LogP contribution in [0.3, 0.4) is 0 Å². The summed E-state index contributed by atoms with van der Waals surface area (Å²) in [6.45, 7) is 4.60. The first-order chi connectivity index (χ1) is 23.6. The van der Waals surface area contributed by atoms with Crippen LogP contribution in [0.25, 0.3) is 22.3 Å². The van der Waals surface area contributed by atoms with Gasteiger partial charge in [0.05, 0.1) is 0 Å². The number of benzene rings is 4. The minimum absolute atomic E-state index is 0.0946. The Labute approximate surface area is 291 Å². The summed E-state index contributed by atoms with van der Waals surface area (Å²) in [6.07, 6.45) is 21.7. The van der Waals surface area contributed by atoms with Crippen molar-refractivity contribution in [2.45, 2.75) is 128 Å². The summed E-state index contributed by atoms with van der Waals surface area (Å²) in [4.78, 5) is 14.3. The summed E-state index contributed by atoms with van der Waals surface area (Å²) < 4.78 is 0. The third-order valence-electron chi connectivity index (χ3n) is 11.9. The standard InChI is InChI=1S/C47H58O/c1-3-5-7-13-35-19-23-37(24-20-35)39-27-31-41(32-28-39)43-15-9-11-17-45(43)47(48)46-18-12-10-16-44(46)42-33-29-40(30-34-42)38-25-21-36(22-26-38)14-8-6-4-2/h9-12,15-18,27-38H,3-8,13-14,19-26H2,1-2H3. The SMILES string of the molecule is CCCCCC1CCC(c2ccc(-c3ccccc3C(=O)c3ccccc3-c3ccc(C4CCC(CCCCC)CC4)cc3)cc2)CC1. The van der Waals surface area contributed by atoms with Crippen LogP contribution in [0, 0.1) is 11.8 Å². The molecule has 4 aromatic rings. The fraction of sp³-hybridized carbons (Fsp3) is 0.468. The van der Waals surface area contributed by atoms with E-state index in [-0.39, 0.29) is 5.78 Å². The molecule has 0 aromatic heterocycles. The molecule has 0 saturated heterocycles. The molecule has 0 atom stereocenters. The van der Waals surface area contributed by atoms with Gasteiger partial charge in [0.2, 0.25) is 0 Å². The van der Waals surface area contributed by atoms with Crippen LogP contribution in [-0.4, -0.2) is 5.78 Å². The molecule has 48 heavy (non-hydrogen) atoms. The molecular formula is C47H58O. The summed E-state index contributed by atoms with van der Waals surface area (Å²) >= 11 is 0. The van der Waals surface area contributed by atoms with Gasteiger partial charge in [0.15, 0.2) is 5.78 Å². The maximum absolute atomic E-state index is 14.3. The minimum atomic E-state index is 0.0946. The van der Waals surface area contributed by atoms with E-state index in [1.807, 2.05) is 24.3 Å². The Bertz CT molecular complexity index is 1440. The summed E-state index contributed by atoms with van der Waals surface area (Å²) in [6, 6.07) is 34.6. The van der Waals surface area contributed by atoms with Crippen LogP contribution in [0.4, 0.5) is 0 Å². The van der Waals surface area contributed by atoms with E-state index in [9.17, 15) is 4.79 Å². The van der Waals surface area contributed by atoms with Gasteiger partial charge >= 0.3 is 0 Å². The lowest BCUT2D eigenvalue weighted by Gasteiger charge is -2.29. The second-order valence-electron chi connectivity index (χ2n) is 15.1. The lowest BCUT2D eigenvalue weighted by atomic mass is 9.76. The Hall–Kier alpha value is -3.45. The van der Waals surface area contributed by atoms with Crippen LogP contribution in [-0.2, 0) is 0 Å². The summed E-state index contributed by atoms with van der Waals surface area (Å²) in [7, 11) is 0. The minimum Gasteiger partial charge on any atom is -0.289 e. The molecule has 0 radical (unpaired) electrons. The predicted octanol–water partition coefficient (Wildman–Crippen LogP) is 14.0. The number of rotatable bonds is 14. The van der Waals surface area contributed by atoms with E-state index >= 15 is 0 Å². The molecular weight excluding hydrogens is 581 g/mol. The molecule has 0 N–H and O–H groups in total. The number of hydrogen-bond donors (Lipinski definition) is 0. The number of unbranched alkanes of at least 4 members (excludes halogenated alkanes) is 4. The highest BCUT2D eigenvalue weighted by molar-refractivity contribution is 6.16. The van der Waals surface area contributed by atoms with Gasteiger partial charge in [-0.15, -0.1) is 0 Å². The molecule has 2 aliphatic carbocycles. The first-order valence-electron chi connectivity index (χ1n) is 19.6. The Balaban J connectivity index is 1.13. The van der Waals surface area contributed by atoms with Crippen molar-refractivity contribution in [3.05, 3.63) is 119 Å². The second-order valence-corrected chi connectivity index (χ2v) is 15.1. The quantitative estimate of drug-likeness (QED) is 0.0992. The van der Waals surface area contributed by atoms with Gasteiger partial charge in [-0.25, -0.2) is 0 Å². The van der Waals surface area contributed by atoms with E-state index in [0.717, 1.165) is 45.2 Å². The van der Waals surface area contributed by atoms with Crippen molar-refractivity contribution >= 4 is 5.78 Å². The van der Waals surface area contributed by atoms with Crippen LogP contribution in [0.2, 0.25) is 0 Å². The number of hydrogen-bond acceptors (Lipinski definition) is 1. The van der Waals surface area contributed by atoms with Gasteiger partial charge in [-0.1, -0.05) is 162 Å². The number of carbonyl (C=O) groups is 1. The van der Waals surface area contributed by atoms with Crippen molar-refractivity contribution in [3.63, 3.8) is 0 Å². The number of carbonyl (C=O) groups excluding carboxylic acids is 1. The van der Waals surface area contributed by atoms with Crippen molar-refractivity contribution in [2.75, 3.05) is 0 Å². The molecule has 2 fully saturated rings. The molecule has 0 heterocycles. The third-order valence-corrected chi connectivity index (χ3v) is 11.9. The van der Waals surface area contributed by atoms with Crippen molar-refractivity contribution in [3.8, 4) is 22.3 Å². The molecule has 0 amide bonds. The normalized spacial score (nSPS) is 21.2. The van der Waals surface area contributed by atoms with Crippen LogP contribution in [0.1, 0.15) is 155 Å². The summed E-state index contributed by atoms with van der Waals surface area (Å²) in [5, 5.41) is 0. The zero-order valence-electron chi connectivity index (χ0n) is 29.8. The van der Waals surface area contributed by atoms with Crippen molar-refractivity contribution in [2.24, 2.45) is 11.8 Å². The van der Waals surface area contributed by atoms with Gasteiger partial charge in [0.1, 0.15) is 0 Å². The molecule has 0 bridgehead atoms. The van der Waals surface area contributed by atoms with Crippen molar-refractivity contribution < 1.29 is 4.79 Å². The average molecular weight is 639 g/mol. The van der Waals surface area contributed by atoms with Crippen LogP contribution in [0.15, 0.2) is 97.1 Å². The fourth-order valence-electron chi connectivity index (χ4n) is 8.82. The van der Waals surface area contributed by atoms with E-state index in [1.54, 1.807) is 0 Å². The summed E-state index contributed by atoms with van der Waals surface area (Å²) in [5.74, 6) is 3.29. The van der Waals surface area contributed by atoms with Gasteiger partial charge in [0.25, 0.3) is 0 Å². The van der Waals surface area contributed by atoms with Crippen LogP contribution < -0.4 is 0 Å². The maximum atomic E-state index is 14.3. The Morgan fingerprint density at radius 1 is 0.479 bits per heavy atom. The molecule has 2 aliphatic rings. The van der Waals surface area contributed by atoms with E-state index in [2.05, 4.69) is 86.6 Å². The van der Waals surface area contributed by atoms with Crippen LogP contribution in [0.5, 0.6) is 0 Å². The molecule has 6 rings (SSSR count). The highest BCUT2D eigenvalue weighted by atomic mass is 16.1. The molecule has 252 valence electrons. The van der Waals surface area contributed by atoms with Gasteiger partial charge in [-0.2, -0.15) is 0 Å². The van der Waals surface area contributed by atoms with Gasteiger partial charge in [0, 0.05) is 11.1 Å². The van der Waals surface area contributed by atoms with Gasteiger partial charge in [-0.05, 0) is 108 Å². The Kier molecular flexibility index (Phi) is 12.4. The largest absolute Gasteiger partial charge is 0.289 e. The van der Waals surface area contributed by atoms with Crippen LogP contribution >= 0.6 is 0 Å². The van der Waals surface area contributed by atoms with E-state index in [1.165, 1.54) is 114 Å². The third kappa shape index (κ3) is 8.58. The fourth-order valence-corrected chi connectivity index (χ4v) is 8.82. The smallest absolute Gasteiger partial charge is 0.194 e. The predicted molar refractivity (Wildman–Crippen MR) is 205 cm³/mol. The van der Waals surface area contributed by atoms with E-state index < -0.39 is 0 Å². The molecule has 0 spiro atoms. The lowest BCUT2D eigenvalue weighted by Crippen LogP contribution is -2.13. The second kappa shape index (κ2) is 17.3. The molecule has 2 saturated carbocycles. The topological polar surface area (TPSA) is 17.1 Å². The molecule has 0 aliphatic heterocycles. The van der Waals surface area contributed by atoms with Gasteiger partial charge in [-0.3, -0.25) is 4.79 Å². The van der Waals surface area contributed by atoms with E-state index in [0.29, 0.717) is 11.8 Å². The van der Waals surface area contributed by atoms with E-state index in [4.69, 9.17) is 0 Å². The maximum Gasteiger partial charge on any atom is 0.194 e. The number of ketones is 1. The highest BCUT2D eigenvalue weighted by Crippen LogP contribution is 2.40. The monoisotopic (exact) mass is 638 g/mol. The average Bonchev–Trinajstić information content (AvgIpc) is 3.15. The van der Waals surface area contributed by atoms with Crippen molar-refractivity contribution in [1.82, 2.24) is 0 Å². The Morgan fingerprint density at radius 2 is 0.854 bits per heavy atom. The lowest BCUT2D eigenvalue weighted by molar-refractivity contribution is 0.104. The highest BCUT2D eigenvalue weighted by Gasteiger charge is 2.24. The zero-order valence-corrected chi connectivity index (χ0v) is 29.8. The molecule has 0 unspecified atom stereocenters. The molecule has 1 heteroatoms. The zero-order chi connectivity index (χ0) is 33.1. The first-order valence-corrected chi connectivity index (χ1v) is 19.6.